The van der Waals surface area contributed by atoms with E-state index in [1.165, 1.54) is 0 Å². The molecule has 3 amide bonds. The van der Waals surface area contributed by atoms with Gasteiger partial charge in [-0.1, -0.05) is 38.1 Å². The Morgan fingerprint density at radius 3 is 2.36 bits per heavy atom. The molecule has 0 fully saturated rings. The number of amides is 3. The van der Waals surface area contributed by atoms with E-state index in [9.17, 15) is 9.59 Å². The average molecular weight is 381 g/mol. The van der Waals surface area contributed by atoms with Crippen LogP contribution < -0.4 is 20.7 Å². The van der Waals surface area contributed by atoms with Gasteiger partial charge in [-0.25, -0.2) is 4.79 Å². The van der Waals surface area contributed by atoms with Crippen molar-refractivity contribution in [2.75, 3.05) is 23.8 Å². The highest BCUT2D eigenvalue weighted by Crippen LogP contribution is 2.28. The van der Waals surface area contributed by atoms with Gasteiger partial charge in [0.1, 0.15) is 5.75 Å². The summed E-state index contributed by atoms with van der Waals surface area (Å²) in [6.07, 6.45) is 2.60. The summed E-state index contributed by atoms with van der Waals surface area (Å²) in [5.41, 5.74) is 2.35. The van der Waals surface area contributed by atoms with Crippen molar-refractivity contribution in [2.45, 2.75) is 26.2 Å². The molecule has 0 bridgehead atoms. The third kappa shape index (κ3) is 6.46. The van der Waals surface area contributed by atoms with Gasteiger partial charge in [-0.3, -0.25) is 4.79 Å². The topological polar surface area (TPSA) is 79.5 Å². The van der Waals surface area contributed by atoms with Crippen molar-refractivity contribution in [1.82, 2.24) is 5.32 Å². The predicted molar refractivity (Wildman–Crippen MR) is 113 cm³/mol. The molecule has 1 unspecified atom stereocenters. The first-order chi connectivity index (χ1) is 13.5. The number of urea groups is 1. The molecule has 148 valence electrons. The molecule has 2 rings (SSSR count). The highest BCUT2D eigenvalue weighted by atomic mass is 16.5. The summed E-state index contributed by atoms with van der Waals surface area (Å²) in [5.74, 6) is 0.850. The van der Waals surface area contributed by atoms with E-state index in [4.69, 9.17) is 4.74 Å². The van der Waals surface area contributed by atoms with Crippen LogP contribution in [0.1, 0.15) is 31.7 Å². The standard InChI is InChI=1S/C22H27N3O3/c1-4-14-23-22(27)25-18-12-10-17(11-13-18)24-21(26)15-28-20-9-7-6-8-19(20)16(3)5-2/h4,6-13,16H,1,5,14-15H2,2-3H3,(H,24,26)(H2,23,25,27). The van der Waals surface area contributed by atoms with Crippen molar-refractivity contribution >= 4 is 23.3 Å². The van der Waals surface area contributed by atoms with Gasteiger partial charge < -0.3 is 20.7 Å². The molecule has 0 saturated heterocycles. The van der Waals surface area contributed by atoms with E-state index >= 15 is 0 Å². The number of carbonyl (C=O) groups is 2. The number of anilines is 2. The Balaban J connectivity index is 1.87. The first-order valence-corrected chi connectivity index (χ1v) is 9.30. The smallest absolute Gasteiger partial charge is 0.319 e. The molecule has 6 heteroatoms. The van der Waals surface area contributed by atoms with E-state index in [1.54, 1.807) is 30.3 Å². The van der Waals surface area contributed by atoms with E-state index < -0.39 is 0 Å². The van der Waals surface area contributed by atoms with Gasteiger partial charge in [-0.15, -0.1) is 6.58 Å². The van der Waals surface area contributed by atoms with Crippen molar-refractivity contribution in [3.05, 3.63) is 66.7 Å². The maximum absolute atomic E-state index is 12.2. The quantitative estimate of drug-likeness (QED) is 0.559. The van der Waals surface area contributed by atoms with Gasteiger partial charge in [-0.05, 0) is 48.2 Å². The van der Waals surface area contributed by atoms with E-state index in [0.29, 0.717) is 23.8 Å². The number of para-hydroxylation sites is 1. The van der Waals surface area contributed by atoms with Gasteiger partial charge >= 0.3 is 6.03 Å². The highest BCUT2D eigenvalue weighted by molar-refractivity contribution is 5.93. The molecule has 3 N–H and O–H groups in total. The van der Waals surface area contributed by atoms with E-state index in [-0.39, 0.29) is 18.5 Å². The minimum atomic E-state index is -0.315. The maximum Gasteiger partial charge on any atom is 0.319 e. The van der Waals surface area contributed by atoms with Crippen LogP contribution in [0.15, 0.2) is 61.2 Å². The number of ether oxygens (including phenoxy) is 1. The molecule has 0 aliphatic heterocycles. The molecule has 2 aromatic rings. The third-order valence-electron chi connectivity index (χ3n) is 4.25. The summed E-state index contributed by atoms with van der Waals surface area (Å²) < 4.78 is 5.72. The molecule has 28 heavy (non-hydrogen) atoms. The summed E-state index contributed by atoms with van der Waals surface area (Å²) in [7, 11) is 0. The van der Waals surface area contributed by atoms with Crippen LogP contribution in [0, 0.1) is 0 Å². The number of hydrogen-bond donors (Lipinski definition) is 3. The molecule has 0 aliphatic carbocycles. The van der Waals surface area contributed by atoms with Gasteiger partial charge in [0.2, 0.25) is 0 Å². The summed E-state index contributed by atoms with van der Waals surface area (Å²) in [6, 6.07) is 14.3. The van der Waals surface area contributed by atoms with Crippen LogP contribution in [0.5, 0.6) is 5.75 Å². The Morgan fingerprint density at radius 2 is 1.71 bits per heavy atom. The summed E-state index contributed by atoms with van der Waals surface area (Å²) in [5, 5.41) is 8.10. The molecular weight excluding hydrogens is 354 g/mol. The Bertz CT molecular complexity index is 803. The number of hydrogen-bond acceptors (Lipinski definition) is 3. The second kappa shape index (κ2) is 10.8. The number of nitrogens with one attached hydrogen (secondary N) is 3. The Morgan fingerprint density at radius 1 is 1.07 bits per heavy atom. The molecule has 0 heterocycles. The molecular formula is C22H27N3O3. The zero-order valence-electron chi connectivity index (χ0n) is 16.3. The van der Waals surface area contributed by atoms with Crippen LogP contribution in [-0.2, 0) is 4.79 Å². The second-order valence-corrected chi connectivity index (χ2v) is 6.39. The lowest BCUT2D eigenvalue weighted by atomic mass is 9.98. The van der Waals surface area contributed by atoms with Gasteiger partial charge in [0, 0.05) is 17.9 Å². The molecule has 0 aliphatic rings. The van der Waals surface area contributed by atoms with Gasteiger partial charge in [0.05, 0.1) is 0 Å². The van der Waals surface area contributed by atoms with E-state index in [1.807, 2.05) is 24.3 Å². The summed E-state index contributed by atoms with van der Waals surface area (Å²) >= 11 is 0. The number of carbonyl (C=O) groups excluding carboxylic acids is 2. The zero-order chi connectivity index (χ0) is 20.4. The van der Waals surface area contributed by atoms with Crippen molar-refractivity contribution in [1.29, 1.82) is 0 Å². The molecule has 0 radical (unpaired) electrons. The monoisotopic (exact) mass is 381 g/mol. The lowest BCUT2D eigenvalue weighted by Gasteiger charge is -2.15. The van der Waals surface area contributed by atoms with Crippen LogP contribution in [0.25, 0.3) is 0 Å². The number of benzene rings is 2. The fraction of sp³-hybridized carbons (Fsp3) is 0.273. The Hall–Kier alpha value is -3.28. The van der Waals surface area contributed by atoms with E-state index in [2.05, 4.69) is 36.4 Å². The fourth-order valence-electron chi connectivity index (χ4n) is 2.56. The molecule has 0 spiro atoms. The SMILES string of the molecule is C=CCNC(=O)Nc1ccc(NC(=O)COc2ccccc2C(C)CC)cc1. The fourth-order valence-corrected chi connectivity index (χ4v) is 2.56. The van der Waals surface area contributed by atoms with Gasteiger partial charge in [0.15, 0.2) is 6.61 Å². The predicted octanol–water partition coefficient (Wildman–Crippen LogP) is 4.53. The molecule has 6 nitrogen and oxygen atoms in total. The molecule has 2 aromatic carbocycles. The molecule has 1 atom stereocenters. The maximum atomic E-state index is 12.2. The van der Waals surface area contributed by atoms with Crippen molar-refractivity contribution in [3.8, 4) is 5.75 Å². The third-order valence-corrected chi connectivity index (χ3v) is 4.25. The summed E-state index contributed by atoms with van der Waals surface area (Å²) in [4.78, 5) is 23.8. The van der Waals surface area contributed by atoms with Crippen LogP contribution in [0.2, 0.25) is 0 Å². The minimum absolute atomic E-state index is 0.0720. The zero-order valence-corrected chi connectivity index (χ0v) is 16.3. The van der Waals surface area contributed by atoms with Crippen LogP contribution in [0.4, 0.5) is 16.2 Å². The van der Waals surface area contributed by atoms with Crippen LogP contribution >= 0.6 is 0 Å². The number of rotatable bonds is 9. The largest absolute Gasteiger partial charge is 0.483 e. The molecule has 0 saturated carbocycles. The highest BCUT2D eigenvalue weighted by Gasteiger charge is 2.11. The molecule has 0 aromatic heterocycles. The lowest BCUT2D eigenvalue weighted by molar-refractivity contribution is -0.118. The Labute approximate surface area is 166 Å². The van der Waals surface area contributed by atoms with Crippen molar-refractivity contribution in [3.63, 3.8) is 0 Å². The van der Waals surface area contributed by atoms with Gasteiger partial charge in [-0.2, -0.15) is 0 Å². The normalized spacial score (nSPS) is 11.2. The van der Waals surface area contributed by atoms with Crippen LogP contribution in [0.3, 0.4) is 0 Å². The van der Waals surface area contributed by atoms with Gasteiger partial charge in [0.25, 0.3) is 5.91 Å². The first kappa shape index (κ1) is 21.0. The second-order valence-electron chi connectivity index (χ2n) is 6.39. The minimum Gasteiger partial charge on any atom is -0.483 e. The summed E-state index contributed by atoms with van der Waals surface area (Å²) in [6.45, 7) is 8.11. The van der Waals surface area contributed by atoms with Crippen molar-refractivity contribution < 1.29 is 14.3 Å². The average Bonchev–Trinajstić information content (AvgIpc) is 2.71. The first-order valence-electron chi connectivity index (χ1n) is 9.30. The van der Waals surface area contributed by atoms with E-state index in [0.717, 1.165) is 17.7 Å². The lowest BCUT2D eigenvalue weighted by Crippen LogP contribution is -2.28. The Kier molecular flexibility index (Phi) is 8.09. The van der Waals surface area contributed by atoms with Crippen LogP contribution in [-0.4, -0.2) is 25.1 Å². The van der Waals surface area contributed by atoms with Crippen molar-refractivity contribution in [2.24, 2.45) is 0 Å².